The second kappa shape index (κ2) is 3.19. The van der Waals surface area contributed by atoms with Gasteiger partial charge < -0.3 is 4.57 Å². The Morgan fingerprint density at radius 1 is 1.33 bits per heavy atom. The second-order valence-electron chi connectivity index (χ2n) is 4.78. The van der Waals surface area contributed by atoms with Crippen LogP contribution in [0.15, 0.2) is 16.9 Å². The highest BCUT2D eigenvalue weighted by molar-refractivity contribution is 5.17. The Hall–Kier alpha value is -1.12. The van der Waals surface area contributed by atoms with E-state index in [0.29, 0.717) is 11.8 Å². The van der Waals surface area contributed by atoms with Gasteiger partial charge in [0.25, 0.3) is 5.56 Å². The van der Waals surface area contributed by atoms with E-state index in [1.165, 1.54) is 12.8 Å². The van der Waals surface area contributed by atoms with E-state index in [-0.39, 0.29) is 11.4 Å². The lowest BCUT2D eigenvalue weighted by Gasteiger charge is -2.36. The first-order valence-corrected chi connectivity index (χ1v) is 5.64. The minimum Gasteiger partial charge on any atom is -0.312 e. The lowest BCUT2D eigenvalue weighted by Crippen LogP contribution is -2.35. The molecule has 1 aliphatic carbocycles. The molecule has 1 aromatic heterocycles. The summed E-state index contributed by atoms with van der Waals surface area (Å²) in [4.78, 5) is 11.6. The van der Waals surface area contributed by atoms with Crippen molar-refractivity contribution in [2.45, 2.75) is 38.1 Å². The summed E-state index contributed by atoms with van der Waals surface area (Å²) in [6.45, 7) is 0.797. The summed E-state index contributed by atoms with van der Waals surface area (Å²) in [6.07, 6.45) is 4.70. The van der Waals surface area contributed by atoms with Gasteiger partial charge in [-0.1, -0.05) is 6.42 Å². The Morgan fingerprint density at radius 3 is 3.07 bits per heavy atom. The summed E-state index contributed by atoms with van der Waals surface area (Å²) < 4.78 is 14.9. The van der Waals surface area contributed by atoms with E-state index < -0.39 is 0 Å². The van der Waals surface area contributed by atoms with E-state index in [0.717, 1.165) is 31.1 Å². The number of rotatable bonds is 0. The van der Waals surface area contributed by atoms with E-state index >= 15 is 0 Å². The van der Waals surface area contributed by atoms with Gasteiger partial charge in [-0.3, -0.25) is 4.79 Å². The molecule has 1 saturated carbocycles. The third kappa shape index (κ3) is 1.41. The molecule has 3 heteroatoms. The number of hydrogen-bond acceptors (Lipinski definition) is 1. The van der Waals surface area contributed by atoms with Gasteiger partial charge in [0.15, 0.2) is 0 Å². The zero-order chi connectivity index (χ0) is 10.4. The summed E-state index contributed by atoms with van der Waals surface area (Å²) in [5, 5.41) is 0. The van der Waals surface area contributed by atoms with E-state index in [4.69, 9.17) is 0 Å². The summed E-state index contributed by atoms with van der Waals surface area (Å²) in [6, 6.07) is 2.65. The normalized spacial score (nSPS) is 28.6. The maximum atomic E-state index is 13.2. The Bertz CT molecular complexity index is 451. The molecule has 0 radical (unpaired) electrons. The lowest BCUT2D eigenvalue weighted by atomic mass is 9.77. The first-order chi connectivity index (χ1) is 7.24. The molecule has 80 valence electrons. The average molecular weight is 207 g/mol. The zero-order valence-electron chi connectivity index (χ0n) is 8.58. The molecule has 2 bridgehead atoms. The van der Waals surface area contributed by atoms with Crippen LogP contribution in [0.4, 0.5) is 4.39 Å². The molecule has 1 aliphatic heterocycles. The van der Waals surface area contributed by atoms with Gasteiger partial charge in [0, 0.05) is 18.3 Å². The molecular formula is C12H14FNO. The highest BCUT2D eigenvalue weighted by Crippen LogP contribution is 2.40. The Balaban J connectivity index is 2.17. The van der Waals surface area contributed by atoms with Crippen LogP contribution in [-0.2, 0) is 6.54 Å². The van der Waals surface area contributed by atoms with E-state index in [1.807, 2.05) is 0 Å². The molecule has 1 fully saturated rings. The molecule has 2 heterocycles. The predicted molar refractivity (Wildman–Crippen MR) is 55.4 cm³/mol. The molecule has 0 saturated heterocycles. The molecule has 1 aromatic rings. The molecule has 0 spiro atoms. The third-order valence-electron chi connectivity index (χ3n) is 3.77. The first-order valence-electron chi connectivity index (χ1n) is 5.64. The minimum atomic E-state index is -0.379. The van der Waals surface area contributed by atoms with Crippen molar-refractivity contribution in [2.24, 2.45) is 5.92 Å². The highest BCUT2D eigenvalue weighted by Gasteiger charge is 2.31. The van der Waals surface area contributed by atoms with Crippen molar-refractivity contribution in [2.75, 3.05) is 0 Å². The molecule has 2 nitrogen and oxygen atoms in total. The van der Waals surface area contributed by atoms with Crippen LogP contribution in [-0.4, -0.2) is 4.57 Å². The fourth-order valence-corrected chi connectivity index (χ4v) is 3.10. The Kier molecular flexibility index (Phi) is 1.94. The summed E-state index contributed by atoms with van der Waals surface area (Å²) in [5.41, 5.74) is 0.762. The van der Waals surface area contributed by atoms with Crippen molar-refractivity contribution >= 4 is 0 Å². The van der Waals surface area contributed by atoms with Gasteiger partial charge >= 0.3 is 0 Å². The number of aromatic nitrogens is 1. The molecule has 0 amide bonds. The summed E-state index contributed by atoms with van der Waals surface area (Å²) >= 11 is 0. The number of fused-ring (bicyclic) bond motifs is 4. The van der Waals surface area contributed by atoms with Gasteiger partial charge in [-0.15, -0.1) is 0 Å². The van der Waals surface area contributed by atoms with Crippen molar-refractivity contribution in [3.05, 3.63) is 34.0 Å². The summed E-state index contributed by atoms with van der Waals surface area (Å²) in [7, 11) is 0. The maximum Gasteiger partial charge on any atom is 0.253 e. The largest absolute Gasteiger partial charge is 0.312 e. The van der Waals surface area contributed by atoms with Crippen LogP contribution in [0.5, 0.6) is 0 Å². The molecule has 0 aromatic carbocycles. The quantitative estimate of drug-likeness (QED) is 0.639. The molecular weight excluding hydrogens is 193 g/mol. The topological polar surface area (TPSA) is 22.0 Å². The van der Waals surface area contributed by atoms with Crippen molar-refractivity contribution in [1.29, 1.82) is 0 Å². The third-order valence-corrected chi connectivity index (χ3v) is 3.77. The maximum absolute atomic E-state index is 13.2. The fraction of sp³-hybridized carbons (Fsp3) is 0.583. The van der Waals surface area contributed by atoms with Crippen LogP contribution in [0.2, 0.25) is 0 Å². The smallest absolute Gasteiger partial charge is 0.253 e. The van der Waals surface area contributed by atoms with Crippen molar-refractivity contribution in [3.8, 4) is 0 Å². The van der Waals surface area contributed by atoms with Crippen LogP contribution in [0, 0.1) is 11.7 Å². The number of hydrogen-bond donors (Lipinski definition) is 0. The van der Waals surface area contributed by atoms with Crippen LogP contribution >= 0.6 is 0 Å². The van der Waals surface area contributed by atoms with Crippen molar-refractivity contribution in [1.82, 2.24) is 4.57 Å². The molecule has 3 rings (SSSR count). The Morgan fingerprint density at radius 2 is 2.20 bits per heavy atom. The van der Waals surface area contributed by atoms with Gasteiger partial charge in [-0.2, -0.15) is 0 Å². The van der Waals surface area contributed by atoms with Crippen LogP contribution in [0.3, 0.4) is 0 Å². The zero-order valence-corrected chi connectivity index (χ0v) is 8.58. The number of pyridine rings is 1. The average Bonchev–Trinajstić information content (AvgIpc) is 2.21. The number of nitrogens with zero attached hydrogens (tertiary/aromatic N) is 1. The monoisotopic (exact) mass is 207 g/mol. The van der Waals surface area contributed by atoms with Gasteiger partial charge in [-0.05, 0) is 37.2 Å². The van der Waals surface area contributed by atoms with Gasteiger partial charge in [0.1, 0.15) is 5.82 Å². The Labute approximate surface area is 87.7 Å². The van der Waals surface area contributed by atoms with Gasteiger partial charge in [0.05, 0.1) is 0 Å². The van der Waals surface area contributed by atoms with Gasteiger partial charge in [0.2, 0.25) is 0 Å². The molecule has 15 heavy (non-hydrogen) atoms. The highest BCUT2D eigenvalue weighted by atomic mass is 19.1. The lowest BCUT2D eigenvalue weighted by molar-refractivity contribution is 0.239. The molecule has 2 aliphatic rings. The minimum absolute atomic E-state index is 0.165. The van der Waals surface area contributed by atoms with E-state index in [2.05, 4.69) is 0 Å². The standard InChI is InChI=1S/C12H14FNO/c13-10-5-11-9-3-1-2-8(4-9)7-14(11)12(15)6-10/h5-6,8-9H,1-4,7H2/t8?,9-/m1/s1. The second-order valence-corrected chi connectivity index (χ2v) is 4.78. The van der Waals surface area contributed by atoms with Gasteiger partial charge in [-0.25, -0.2) is 4.39 Å². The van der Waals surface area contributed by atoms with Crippen molar-refractivity contribution < 1.29 is 4.39 Å². The fourth-order valence-electron chi connectivity index (χ4n) is 3.10. The predicted octanol–water partition coefficient (Wildman–Crippen LogP) is 2.27. The molecule has 0 N–H and O–H groups in total. The SMILES string of the molecule is O=c1cc(F)cc2n1CC1CCC[C@@H]2C1. The van der Waals surface area contributed by atoms with Crippen LogP contribution in [0.1, 0.15) is 37.3 Å². The molecule has 1 unspecified atom stereocenters. The van der Waals surface area contributed by atoms with Crippen molar-refractivity contribution in [3.63, 3.8) is 0 Å². The molecule has 2 atom stereocenters. The van der Waals surface area contributed by atoms with Crippen LogP contribution < -0.4 is 5.56 Å². The van der Waals surface area contributed by atoms with E-state index in [1.54, 1.807) is 10.6 Å². The number of halogens is 1. The first kappa shape index (κ1) is 9.13. The summed E-state index contributed by atoms with van der Waals surface area (Å²) in [5.74, 6) is 0.676. The van der Waals surface area contributed by atoms with Crippen LogP contribution in [0.25, 0.3) is 0 Å². The van der Waals surface area contributed by atoms with E-state index in [9.17, 15) is 9.18 Å².